The van der Waals surface area contributed by atoms with Gasteiger partial charge in [-0.15, -0.1) is 0 Å². The van der Waals surface area contributed by atoms with Crippen LogP contribution in [-0.4, -0.2) is 18.6 Å². The quantitative estimate of drug-likeness (QED) is 0.818. The molecule has 0 saturated heterocycles. The van der Waals surface area contributed by atoms with E-state index >= 15 is 0 Å². The van der Waals surface area contributed by atoms with Crippen molar-refractivity contribution in [2.45, 2.75) is 64.8 Å². The van der Waals surface area contributed by atoms with Crippen LogP contribution in [0, 0.1) is 6.92 Å². The van der Waals surface area contributed by atoms with Crippen molar-refractivity contribution in [3.8, 4) is 5.75 Å². The van der Waals surface area contributed by atoms with Gasteiger partial charge >= 0.3 is 0 Å². The van der Waals surface area contributed by atoms with Crippen molar-refractivity contribution in [3.05, 3.63) is 27.7 Å². The molecule has 1 N–H and O–H groups in total. The predicted molar refractivity (Wildman–Crippen MR) is 93.5 cm³/mol. The molecule has 0 radical (unpaired) electrons. The number of hydrogen-bond donors (Lipinski definition) is 1. The van der Waals surface area contributed by atoms with Crippen molar-refractivity contribution in [3.63, 3.8) is 0 Å². The van der Waals surface area contributed by atoms with E-state index in [1.165, 1.54) is 19.3 Å². The summed E-state index contributed by atoms with van der Waals surface area (Å²) in [6.07, 6.45) is 5.92. The van der Waals surface area contributed by atoms with Crippen LogP contribution in [0.3, 0.4) is 0 Å². The third-order valence-electron chi connectivity index (χ3n) is 4.24. The second-order valence-corrected chi connectivity index (χ2v) is 7.34. The number of benzene rings is 1. The average molecular weight is 368 g/mol. The Bertz CT molecular complexity index is 522. The second kappa shape index (κ2) is 8.00. The van der Waals surface area contributed by atoms with Crippen LogP contribution in [-0.2, 0) is 4.79 Å². The highest BCUT2D eigenvalue weighted by atomic mass is 79.9. The molecular formula is C18H26BrNO2. The molecule has 1 aromatic rings. The van der Waals surface area contributed by atoms with Crippen molar-refractivity contribution in [1.82, 2.24) is 5.32 Å². The molecule has 1 saturated carbocycles. The summed E-state index contributed by atoms with van der Waals surface area (Å²) in [5.74, 6) is 1.16. The Labute approximate surface area is 141 Å². The normalized spacial score (nSPS) is 15.9. The summed E-state index contributed by atoms with van der Waals surface area (Å²) in [5, 5.41) is 3.09. The highest BCUT2D eigenvalue weighted by Gasteiger charge is 2.17. The Morgan fingerprint density at radius 3 is 2.64 bits per heavy atom. The lowest BCUT2D eigenvalue weighted by atomic mass is 9.95. The topological polar surface area (TPSA) is 38.3 Å². The summed E-state index contributed by atoms with van der Waals surface area (Å²) < 4.78 is 6.88. The van der Waals surface area contributed by atoms with Crippen LogP contribution in [0.15, 0.2) is 16.6 Å². The molecular weight excluding hydrogens is 342 g/mol. The van der Waals surface area contributed by atoms with Crippen LogP contribution in [0.2, 0.25) is 0 Å². The fourth-order valence-electron chi connectivity index (χ4n) is 2.91. The summed E-state index contributed by atoms with van der Waals surface area (Å²) in [7, 11) is 0. The summed E-state index contributed by atoms with van der Waals surface area (Å²) in [6, 6.07) is 4.43. The molecule has 2 rings (SSSR count). The highest BCUT2D eigenvalue weighted by Crippen LogP contribution is 2.32. The van der Waals surface area contributed by atoms with Gasteiger partial charge in [-0.1, -0.05) is 49.0 Å². The van der Waals surface area contributed by atoms with Gasteiger partial charge in [0.1, 0.15) is 5.75 Å². The number of carbonyl (C=O) groups excluding carboxylic acids is 1. The standard InChI is InChI=1S/C18H26BrNO2/c1-12(2)15-10-16(19)13(3)9-17(15)22-11-18(21)20-14-7-5-4-6-8-14/h9-10,12,14H,4-8,11H2,1-3H3,(H,20,21). The summed E-state index contributed by atoms with van der Waals surface area (Å²) in [5.41, 5.74) is 2.25. The molecule has 1 fully saturated rings. The average Bonchev–Trinajstić information content (AvgIpc) is 2.49. The fraction of sp³-hybridized carbons (Fsp3) is 0.611. The van der Waals surface area contributed by atoms with Crippen molar-refractivity contribution >= 4 is 21.8 Å². The van der Waals surface area contributed by atoms with Crippen LogP contribution in [0.1, 0.15) is 63.0 Å². The molecule has 0 aromatic heterocycles. The molecule has 122 valence electrons. The zero-order chi connectivity index (χ0) is 16.1. The van der Waals surface area contributed by atoms with Gasteiger partial charge in [0, 0.05) is 10.5 Å². The first-order chi connectivity index (χ1) is 10.5. The highest BCUT2D eigenvalue weighted by molar-refractivity contribution is 9.10. The summed E-state index contributed by atoms with van der Waals surface area (Å²) >= 11 is 3.56. The van der Waals surface area contributed by atoms with Gasteiger partial charge in [-0.2, -0.15) is 0 Å². The van der Waals surface area contributed by atoms with Gasteiger partial charge in [-0.3, -0.25) is 4.79 Å². The number of carbonyl (C=O) groups is 1. The van der Waals surface area contributed by atoms with E-state index in [-0.39, 0.29) is 12.5 Å². The fourth-order valence-corrected chi connectivity index (χ4v) is 3.27. The van der Waals surface area contributed by atoms with Crippen LogP contribution < -0.4 is 10.1 Å². The maximum absolute atomic E-state index is 12.1. The van der Waals surface area contributed by atoms with E-state index in [4.69, 9.17) is 4.74 Å². The van der Waals surface area contributed by atoms with Crippen molar-refractivity contribution in [2.24, 2.45) is 0 Å². The zero-order valence-corrected chi connectivity index (χ0v) is 15.3. The SMILES string of the molecule is Cc1cc(OCC(=O)NC2CCCCC2)c(C(C)C)cc1Br. The zero-order valence-electron chi connectivity index (χ0n) is 13.7. The number of halogens is 1. The van der Waals surface area contributed by atoms with E-state index in [1.54, 1.807) is 0 Å². The monoisotopic (exact) mass is 367 g/mol. The number of aryl methyl sites for hydroxylation is 1. The minimum Gasteiger partial charge on any atom is -0.483 e. The minimum atomic E-state index is -0.0119. The second-order valence-electron chi connectivity index (χ2n) is 6.49. The lowest BCUT2D eigenvalue weighted by molar-refractivity contribution is -0.124. The molecule has 0 spiro atoms. The largest absolute Gasteiger partial charge is 0.483 e. The first kappa shape index (κ1) is 17.3. The van der Waals surface area contributed by atoms with Gasteiger partial charge in [-0.05, 0) is 48.9 Å². The number of amides is 1. The van der Waals surface area contributed by atoms with E-state index < -0.39 is 0 Å². The first-order valence-electron chi connectivity index (χ1n) is 8.19. The molecule has 3 nitrogen and oxygen atoms in total. The van der Waals surface area contributed by atoms with Crippen molar-refractivity contribution in [2.75, 3.05) is 6.61 Å². The van der Waals surface area contributed by atoms with E-state index in [0.717, 1.165) is 34.2 Å². The smallest absolute Gasteiger partial charge is 0.258 e. The van der Waals surface area contributed by atoms with Gasteiger partial charge in [-0.25, -0.2) is 0 Å². The van der Waals surface area contributed by atoms with Gasteiger partial charge in [0.15, 0.2) is 6.61 Å². The third-order valence-corrected chi connectivity index (χ3v) is 5.10. The van der Waals surface area contributed by atoms with Gasteiger partial charge in [0.25, 0.3) is 5.91 Å². The molecule has 0 heterocycles. The number of hydrogen-bond acceptors (Lipinski definition) is 2. The molecule has 0 aliphatic heterocycles. The van der Waals surface area contributed by atoms with Crippen molar-refractivity contribution in [1.29, 1.82) is 0 Å². The Kier molecular flexibility index (Phi) is 6.30. The van der Waals surface area contributed by atoms with E-state index in [1.807, 2.05) is 13.0 Å². The Balaban J connectivity index is 1.95. The molecule has 0 atom stereocenters. The van der Waals surface area contributed by atoms with Crippen LogP contribution in [0.25, 0.3) is 0 Å². The first-order valence-corrected chi connectivity index (χ1v) is 8.99. The number of nitrogens with one attached hydrogen (secondary N) is 1. The third kappa shape index (κ3) is 4.73. The van der Waals surface area contributed by atoms with E-state index in [9.17, 15) is 4.79 Å². The maximum Gasteiger partial charge on any atom is 0.258 e. The molecule has 1 aliphatic carbocycles. The van der Waals surface area contributed by atoms with E-state index in [0.29, 0.717) is 12.0 Å². The number of ether oxygens (including phenoxy) is 1. The van der Waals surface area contributed by atoms with Gasteiger partial charge in [0.2, 0.25) is 0 Å². The van der Waals surface area contributed by atoms with E-state index in [2.05, 4.69) is 41.2 Å². The van der Waals surface area contributed by atoms with Crippen LogP contribution in [0.4, 0.5) is 0 Å². The summed E-state index contributed by atoms with van der Waals surface area (Å²) in [4.78, 5) is 12.1. The van der Waals surface area contributed by atoms with Gasteiger partial charge in [0.05, 0.1) is 0 Å². The van der Waals surface area contributed by atoms with Gasteiger partial charge < -0.3 is 10.1 Å². The predicted octanol–water partition coefficient (Wildman–Crippen LogP) is 4.71. The molecule has 1 amide bonds. The molecule has 4 heteroatoms. The maximum atomic E-state index is 12.1. The van der Waals surface area contributed by atoms with Crippen LogP contribution >= 0.6 is 15.9 Å². The molecule has 1 aromatic carbocycles. The van der Waals surface area contributed by atoms with Crippen LogP contribution in [0.5, 0.6) is 5.75 Å². The lowest BCUT2D eigenvalue weighted by Gasteiger charge is -2.23. The summed E-state index contributed by atoms with van der Waals surface area (Å²) in [6.45, 7) is 6.39. The van der Waals surface area contributed by atoms with Crippen molar-refractivity contribution < 1.29 is 9.53 Å². The minimum absolute atomic E-state index is 0.0119. The lowest BCUT2D eigenvalue weighted by Crippen LogP contribution is -2.39. The Morgan fingerprint density at radius 1 is 1.32 bits per heavy atom. The molecule has 0 bridgehead atoms. The molecule has 1 aliphatic rings. The number of rotatable bonds is 5. The molecule has 0 unspecified atom stereocenters. The Morgan fingerprint density at radius 2 is 2.00 bits per heavy atom. The molecule has 22 heavy (non-hydrogen) atoms. The Hall–Kier alpha value is -1.03.